The van der Waals surface area contributed by atoms with Gasteiger partial charge in [-0.2, -0.15) is 43.2 Å². The number of sulfonamides is 2. The molecule has 0 bridgehead atoms. The molecule has 30 heavy (non-hydrogen) atoms. The quantitative estimate of drug-likeness (QED) is 0.274. The second-order valence-electron chi connectivity index (χ2n) is 4.76. The van der Waals surface area contributed by atoms with Crippen LogP contribution in [-0.4, -0.2) is 69.0 Å². The van der Waals surface area contributed by atoms with E-state index in [9.17, 15) is 52.8 Å². The molecule has 0 radical (unpaired) electrons. The Bertz CT molecular complexity index is 820. The normalized spacial score (nSPS) is 14.4. The molecule has 0 spiro atoms. The number of hydrogen-bond acceptors (Lipinski definition) is 6. The number of amides is 2. The van der Waals surface area contributed by atoms with Crippen molar-refractivity contribution in [3.8, 4) is 0 Å². The number of rotatable bonds is 4. The summed E-state index contributed by atoms with van der Waals surface area (Å²) in [5.41, 5.74) is -12.7. The zero-order chi connectivity index (χ0) is 24.7. The van der Waals surface area contributed by atoms with E-state index in [2.05, 4.69) is 0 Å². The maximum atomic E-state index is 12.8. The van der Waals surface area contributed by atoms with Crippen molar-refractivity contribution in [2.75, 3.05) is 13.1 Å². The first-order valence-corrected chi connectivity index (χ1v) is 11.3. The second kappa shape index (κ2) is 9.19. The van der Waals surface area contributed by atoms with Crippen molar-refractivity contribution in [2.24, 2.45) is 0 Å². The molecule has 0 fully saturated rings. The van der Waals surface area contributed by atoms with Gasteiger partial charge in [0.2, 0.25) is 7.59 Å². The topological polar surface area (TPSA) is 109 Å². The standard InChI is InChI=1S/C8H4Cl6F6N2O6S2/c9-5(10,11)1-21(29(25,26)7(15,16)17)3(23)4(24)22(2-6(12,13)14)30(27,28)8(18,19)20/h1-2H2. The zero-order valence-electron chi connectivity index (χ0n) is 13.1. The minimum Gasteiger partial charge on any atom is -0.262 e. The molecule has 22 heteroatoms. The van der Waals surface area contributed by atoms with Crippen LogP contribution in [0.4, 0.5) is 26.3 Å². The molecule has 2 amide bonds. The summed E-state index contributed by atoms with van der Waals surface area (Å²) in [5.74, 6) is -6.03. The molecule has 0 aliphatic rings. The van der Waals surface area contributed by atoms with E-state index in [1.165, 1.54) is 0 Å². The van der Waals surface area contributed by atoms with Crippen molar-refractivity contribution < 1.29 is 52.8 Å². The molecule has 0 N–H and O–H groups in total. The molecule has 0 aromatic rings. The molecule has 0 aromatic carbocycles. The fourth-order valence-electron chi connectivity index (χ4n) is 1.32. The molecule has 8 nitrogen and oxygen atoms in total. The van der Waals surface area contributed by atoms with Gasteiger partial charge in [0.1, 0.15) is 0 Å². The first kappa shape index (κ1) is 30.2. The minimum absolute atomic E-state index is 1.49. The number of alkyl halides is 12. The summed E-state index contributed by atoms with van der Waals surface area (Å²) < 4.78 is 114. The van der Waals surface area contributed by atoms with Crippen molar-refractivity contribution in [1.82, 2.24) is 8.61 Å². The first-order valence-electron chi connectivity index (χ1n) is 6.15. The van der Waals surface area contributed by atoms with E-state index >= 15 is 0 Å². The van der Waals surface area contributed by atoms with Gasteiger partial charge in [-0.1, -0.05) is 69.6 Å². The van der Waals surface area contributed by atoms with Crippen LogP contribution in [0.5, 0.6) is 0 Å². The van der Waals surface area contributed by atoms with Crippen LogP contribution in [0.3, 0.4) is 0 Å². The Hall–Kier alpha value is 0.160. The second-order valence-corrected chi connectivity index (χ2v) is 13.5. The summed E-state index contributed by atoms with van der Waals surface area (Å²) in [6, 6.07) is 0. The van der Waals surface area contributed by atoms with Crippen LogP contribution >= 0.6 is 69.6 Å². The third-order valence-corrected chi connectivity index (χ3v) is 6.08. The maximum absolute atomic E-state index is 12.8. The smallest absolute Gasteiger partial charge is 0.262 e. The van der Waals surface area contributed by atoms with Crippen molar-refractivity contribution in [1.29, 1.82) is 0 Å². The lowest BCUT2D eigenvalue weighted by Gasteiger charge is -2.29. The Morgan fingerprint density at radius 1 is 0.600 bits per heavy atom. The Balaban J connectivity index is 6.64. The van der Waals surface area contributed by atoms with E-state index < -0.39 is 72.2 Å². The van der Waals surface area contributed by atoms with Crippen LogP contribution in [0.25, 0.3) is 0 Å². The average molecular weight is 615 g/mol. The van der Waals surface area contributed by atoms with Crippen LogP contribution in [0.2, 0.25) is 0 Å². The average Bonchev–Trinajstić information content (AvgIpc) is 2.44. The summed E-state index contributed by atoms with van der Waals surface area (Å²) in [7, 11) is -13.7. The van der Waals surface area contributed by atoms with E-state index in [0.717, 1.165) is 0 Å². The Morgan fingerprint density at radius 3 is 0.933 bits per heavy atom. The van der Waals surface area contributed by atoms with Gasteiger partial charge in [0.15, 0.2) is 0 Å². The summed E-state index contributed by atoms with van der Waals surface area (Å²) >= 11 is 30.6. The highest BCUT2D eigenvalue weighted by Gasteiger charge is 2.58. The molecular formula is C8H4Cl6F6N2O6S2. The van der Waals surface area contributed by atoms with Crippen molar-refractivity contribution in [3.05, 3.63) is 0 Å². The molecular weight excluding hydrogens is 611 g/mol. The maximum Gasteiger partial charge on any atom is 0.516 e. The summed E-state index contributed by atoms with van der Waals surface area (Å²) in [6.45, 7) is -4.12. The molecule has 0 saturated heterocycles. The van der Waals surface area contributed by atoms with Crippen LogP contribution < -0.4 is 0 Å². The SMILES string of the molecule is O=C(C(=O)N(CC(Cl)(Cl)Cl)S(=O)(=O)C(F)(F)F)N(CC(Cl)(Cl)Cl)S(=O)(=O)C(F)(F)F. The van der Waals surface area contributed by atoms with Gasteiger partial charge in [-0.05, 0) is 0 Å². The summed E-state index contributed by atoms with van der Waals surface area (Å²) in [4.78, 5) is 24.1. The van der Waals surface area contributed by atoms with Crippen LogP contribution in [0.15, 0.2) is 0 Å². The van der Waals surface area contributed by atoms with Gasteiger partial charge in [-0.3, -0.25) is 9.59 Å². The highest BCUT2D eigenvalue weighted by Crippen LogP contribution is 2.36. The summed E-state index contributed by atoms with van der Waals surface area (Å²) in [5, 5.41) is 0. The molecule has 178 valence electrons. The molecule has 0 heterocycles. The molecule has 0 atom stereocenters. The van der Waals surface area contributed by atoms with E-state index in [0.29, 0.717) is 0 Å². The third kappa shape index (κ3) is 7.64. The van der Waals surface area contributed by atoms with Gasteiger partial charge in [0, 0.05) is 0 Å². The molecule has 0 aromatic heterocycles. The molecule has 0 rings (SSSR count). The fraction of sp³-hybridized carbons (Fsp3) is 0.750. The highest BCUT2D eigenvalue weighted by atomic mass is 35.6. The van der Waals surface area contributed by atoms with E-state index in [-0.39, 0.29) is 0 Å². The number of nitrogens with zero attached hydrogens (tertiary/aromatic N) is 2. The highest BCUT2D eigenvalue weighted by molar-refractivity contribution is 7.91. The predicted octanol–water partition coefficient (Wildman–Crippen LogP) is 3.08. The summed E-state index contributed by atoms with van der Waals surface area (Å²) in [6.07, 6.45) is 0. The lowest BCUT2D eigenvalue weighted by molar-refractivity contribution is -0.147. The van der Waals surface area contributed by atoms with Gasteiger partial charge >= 0.3 is 42.9 Å². The Kier molecular flexibility index (Phi) is 9.24. The van der Waals surface area contributed by atoms with Crippen LogP contribution in [0, 0.1) is 0 Å². The number of halogens is 12. The van der Waals surface area contributed by atoms with Crippen molar-refractivity contribution in [3.63, 3.8) is 0 Å². The van der Waals surface area contributed by atoms with Crippen molar-refractivity contribution in [2.45, 2.75) is 18.6 Å². The molecule has 0 saturated carbocycles. The van der Waals surface area contributed by atoms with E-state index in [1.54, 1.807) is 0 Å². The van der Waals surface area contributed by atoms with Gasteiger partial charge in [-0.15, -0.1) is 0 Å². The molecule has 0 aliphatic heterocycles. The monoisotopic (exact) mass is 612 g/mol. The van der Waals surface area contributed by atoms with Gasteiger partial charge in [-0.25, -0.2) is 8.61 Å². The van der Waals surface area contributed by atoms with E-state index in [4.69, 9.17) is 69.6 Å². The Labute approximate surface area is 193 Å². The molecule has 0 aliphatic carbocycles. The lowest BCUT2D eigenvalue weighted by atomic mass is 10.5. The van der Waals surface area contributed by atoms with Crippen LogP contribution in [0.1, 0.15) is 0 Å². The van der Waals surface area contributed by atoms with Crippen LogP contribution in [-0.2, 0) is 29.6 Å². The van der Waals surface area contributed by atoms with E-state index in [1.807, 2.05) is 0 Å². The lowest BCUT2D eigenvalue weighted by Crippen LogP contribution is -2.57. The van der Waals surface area contributed by atoms with Gasteiger partial charge in [0.05, 0.1) is 13.1 Å². The number of carbonyl (C=O) groups is 2. The molecule has 0 unspecified atom stereocenters. The first-order chi connectivity index (χ1) is 12.8. The fourth-order valence-corrected chi connectivity index (χ4v) is 4.28. The minimum atomic E-state index is -6.87. The predicted molar refractivity (Wildman–Crippen MR) is 94.0 cm³/mol. The third-order valence-electron chi connectivity index (χ3n) is 2.45. The van der Waals surface area contributed by atoms with Gasteiger partial charge in [0.25, 0.3) is 0 Å². The van der Waals surface area contributed by atoms with Crippen molar-refractivity contribution >= 4 is 101 Å². The zero-order valence-corrected chi connectivity index (χ0v) is 19.3. The Morgan fingerprint density at radius 2 is 0.800 bits per heavy atom. The number of hydrogen-bond donors (Lipinski definition) is 0. The largest absolute Gasteiger partial charge is 0.516 e. The number of carbonyl (C=O) groups excluding carboxylic acids is 2. The van der Waals surface area contributed by atoms with Gasteiger partial charge < -0.3 is 0 Å².